The Kier molecular flexibility index (Phi) is 5.21. The van der Waals surface area contributed by atoms with Crippen LogP contribution in [0.5, 0.6) is 0 Å². The van der Waals surface area contributed by atoms with Crippen LogP contribution in [0, 0.1) is 0 Å². The summed E-state index contributed by atoms with van der Waals surface area (Å²) in [6.07, 6.45) is 8.14. The number of H-pyrrole nitrogens is 1. The van der Waals surface area contributed by atoms with Gasteiger partial charge in [0.05, 0.1) is 6.20 Å². The summed E-state index contributed by atoms with van der Waals surface area (Å²) in [6, 6.07) is 8.95. The van der Waals surface area contributed by atoms with Crippen LogP contribution in [0.4, 0.5) is 0 Å². The highest BCUT2D eigenvalue weighted by atomic mass is 16.1. The molecule has 0 radical (unpaired) electrons. The molecular formula is C22H21N7O. The number of aryl methyl sites for hydroxylation is 1. The molecule has 3 aromatic rings. The fourth-order valence-electron chi connectivity index (χ4n) is 3.07. The zero-order valence-electron chi connectivity index (χ0n) is 16.8. The molecule has 1 aliphatic heterocycles. The summed E-state index contributed by atoms with van der Waals surface area (Å²) in [5.74, 6) is 0.969. The molecule has 150 valence electrons. The first-order valence-corrected chi connectivity index (χ1v) is 9.51. The maximum absolute atomic E-state index is 12.5. The van der Waals surface area contributed by atoms with E-state index in [0.717, 1.165) is 17.6 Å². The van der Waals surface area contributed by atoms with Crippen molar-refractivity contribution in [1.29, 1.82) is 0 Å². The van der Waals surface area contributed by atoms with Gasteiger partial charge in [0.1, 0.15) is 5.84 Å². The molecule has 0 atom stereocenters. The SMILES string of the molecule is C=C1C(c2n[nH]c(C(=O)c3ccccc3)n2)=CNC1=N/C=C(\CC)c1cnn(C)c1. The third-order valence-electron chi connectivity index (χ3n) is 4.75. The number of ketones is 1. The third kappa shape index (κ3) is 3.75. The average molecular weight is 399 g/mol. The lowest BCUT2D eigenvalue weighted by Gasteiger charge is -2.02. The molecule has 1 aromatic carbocycles. The lowest BCUT2D eigenvalue weighted by Crippen LogP contribution is -2.12. The third-order valence-corrected chi connectivity index (χ3v) is 4.75. The van der Waals surface area contributed by atoms with E-state index in [1.807, 2.05) is 43.8 Å². The van der Waals surface area contributed by atoms with Crippen LogP contribution in [-0.4, -0.2) is 36.6 Å². The second kappa shape index (κ2) is 8.12. The van der Waals surface area contributed by atoms with Gasteiger partial charge in [-0.2, -0.15) is 10.2 Å². The number of carbonyl (C=O) groups is 1. The summed E-state index contributed by atoms with van der Waals surface area (Å²) in [6.45, 7) is 6.17. The number of nitrogens with one attached hydrogen (secondary N) is 2. The van der Waals surface area contributed by atoms with Crippen LogP contribution < -0.4 is 5.32 Å². The molecule has 8 heteroatoms. The molecule has 0 amide bonds. The first-order chi connectivity index (χ1) is 14.6. The standard InChI is InChI=1S/C22H21N7O/c1-4-15(17-11-25-29(3)13-17)10-23-20-14(2)18(12-24-20)21-26-22(28-27-21)19(30)16-8-6-5-7-9-16/h5-13H,2,4H2,1,3H3,(H,23,24)(H,26,27,28)/b15-10+. The van der Waals surface area contributed by atoms with Crippen molar-refractivity contribution in [2.75, 3.05) is 0 Å². The van der Waals surface area contributed by atoms with Crippen LogP contribution in [0.3, 0.4) is 0 Å². The van der Waals surface area contributed by atoms with Crippen LogP contribution in [0.1, 0.15) is 40.9 Å². The fourth-order valence-corrected chi connectivity index (χ4v) is 3.07. The average Bonchev–Trinajstić information content (AvgIpc) is 3.49. The lowest BCUT2D eigenvalue weighted by molar-refractivity contribution is 0.103. The highest BCUT2D eigenvalue weighted by Gasteiger charge is 2.23. The molecule has 2 N–H and O–H groups in total. The molecule has 2 aromatic heterocycles. The maximum atomic E-state index is 12.5. The molecule has 4 rings (SSSR count). The fraction of sp³-hybridized carbons (Fsp3) is 0.136. The largest absolute Gasteiger partial charge is 0.345 e. The number of aromatic nitrogens is 5. The van der Waals surface area contributed by atoms with Crippen molar-refractivity contribution in [2.24, 2.45) is 12.0 Å². The molecule has 1 aliphatic rings. The molecular weight excluding hydrogens is 378 g/mol. The van der Waals surface area contributed by atoms with E-state index >= 15 is 0 Å². The molecule has 3 heterocycles. The summed E-state index contributed by atoms with van der Waals surface area (Å²) < 4.78 is 1.76. The molecule has 0 aliphatic carbocycles. The predicted molar refractivity (Wildman–Crippen MR) is 115 cm³/mol. The zero-order valence-corrected chi connectivity index (χ0v) is 16.8. The Morgan fingerprint density at radius 2 is 2.07 bits per heavy atom. The van der Waals surface area contributed by atoms with Crippen LogP contribution in [0.2, 0.25) is 0 Å². The molecule has 0 bridgehead atoms. The van der Waals surface area contributed by atoms with Gasteiger partial charge < -0.3 is 5.32 Å². The summed E-state index contributed by atoms with van der Waals surface area (Å²) in [5, 5.41) is 14.2. The van der Waals surface area contributed by atoms with Gasteiger partial charge in [0, 0.05) is 47.9 Å². The van der Waals surface area contributed by atoms with Crippen LogP contribution in [0.15, 0.2) is 72.3 Å². The van der Waals surface area contributed by atoms with Gasteiger partial charge in [-0.25, -0.2) is 9.98 Å². The second-order valence-electron chi connectivity index (χ2n) is 6.77. The Hall–Kier alpha value is -4.07. The van der Waals surface area contributed by atoms with Gasteiger partial charge in [0.15, 0.2) is 11.6 Å². The first kappa shape index (κ1) is 19.3. The molecule has 0 spiro atoms. The molecule has 0 fully saturated rings. The number of nitrogens with zero attached hydrogens (tertiary/aromatic N) is 5. The lowest BCUT2D eigenvalue weighted by atomic mass is 10.1. The van der Waals surface area contributed by atoms with Crippen molar-refractivity contribution in [3.05, 3.63) is 90.1 Å². The first-order valence-electron chi connectivity index (χ1n) is 9.51. The van der Waals surface area contributed by atoms with Crippen molar-refractivity contribution in [3.63, 3.8) is 0 Å². The minimum atomic E-state index is -0.215. The Labute approximate surface area is 173 Å². The number of hydrogen-bond acceptors (Lipinski definition) is 5. The van der Waals surface area contributed by atoms with Gasteiger partial charge in [-0.15, -0.1) is 0 Å². The van der Waals surface area contributed by atoms with Gasteiger partial charge in [0.25, 0.3) is 0 Å². The number of carbonyl (C=O) groups excluding carboxylic acids is 1. The number of benzene rings is 1. The van der Waals surface area contributed by atoms with E-state index in [2.05, 4.69) is 44.1 Å². The minimum absolute atomic E-state index is 0.181. The van der Waals surface area contributed by atoms with Crippen molar-refractivity contribution < 1.29 is 4.79 Å². The van der Waals surface area contributed by atoms with Crippen molar-refractivity contribution in [3.8, 4) is 0 Å². The van der Waals surface area contributed by atoms with E-state index in [1.165, 1.54) is 0 Å². The van der Waals surface area contributed by atoms with Crippen LogP contribution in [-0.2, 0) is 7.05 Å². The van der Waals surface area contributed by atoms with E-state index < -0.39 is 0 Å². The predicted octanol–water partition coefficient (Wildman–Crippen LogP) is 3.12. The number of aliphatic imine (C=N–C) groups is 1. The molecule has 8 nitrogen and oxygen atoms in total. The highest BCUT2D eigenvalue weighted by Crippen LogP contribution is 2.24. The van der Waals surface area contributed by atoms with Gasteiger partial charge in [-0.1, -0.05) is 43.8 Å². The Morgan fingerprint density at radius 1 is 1.27 bits per heavy atom. The number of allylic oxidation sites excluding steroid dienone is 1. The van der Waals surface area contributed by atoms with Crippen LogP contribution in [0.25, 0.3) is 11.1 Å². The second-order valence-corrected chi connectivity index (χ2v) is 6.77. The van der Waals surface area contributed by atoms with Crippen molar-refractivity contribution in [1.82, 2.24) is 30.3 Å². The Bertz CT molecular complexity index is 1200. The molecule has 0 saturated carbocycles. The number of aromatic amines is 1. The minimum Gasteiger partial charge on any atom is -0.345 e. The van der Waals surface area contributed by atoms with Gasteiger partial charge in [-0.05, 0) is 12.0 Å². The molecule has 30 heavy (non-hydrogen) atoms. The monoisotopic (exact) mass is 399 g/mol. The maximum Gasteiger partial charge on any atom is 0.229 e. The van der Waals surface area contributed by atoms with Crippen molar-refractivity contribution in [2.45, 2.75) is 13.3 Å². The number of hydrogen-bond donors (Lipinski definition) is 2. The number of amidine groups is 1. The zero-order chi connectivity index (χ0) is 21.1. The van der Waals surface area contributed by atoms with E-state index in [9.17, 15) is 4.79 Å². The van der Waals surface area contributed by atoms with Gasteiger partial charge in [-0.3, -0.25) is 14.6 Å². The van der Waals surface area contributed by atoms with E-state index in [-0.39, 0.29) is 11.6 Å². The summed E-state index contributed by atoms with van der Waals surface area (Å²) in [4.78, 5) is 21.4. The van der Waals surface area contributed by atoms with E-state index in [1.54, 1.807) is 23.0 Å². The van der Waals surface area contributed by atoms with E-state index in [4.69, 9.17) is 0 Å². The topological polar surface area (TPSA) is 101 Å². The number of rotatable bonds is 6. The molecule has 0 saturated heterocycles. The summed E-state index contributed by atoms with van der Waals surface area (Å²) in [5.41, 5.74) is 3.98. The molecule has 0 unspecified atom stereocenters. The highest BCUT2D eigenvalue weighted by molar-refractivity contribution is 6.15. The Balaban J connectivity index is 1.52. The Morgan fingerprint density at radius 3 is 2.77 bits per heavy atom. The quantitative estimate of drug-likeness (QED) is 0.620. The normalized spacial score (nSPS) is 15.4. The smallest absolute Gasteiger partial charge is 0.229 e. The summed E-state index contributed by atoms with van der Waals surface area (Å²) >= 11 is 0. The van der Waals surface area contributed by atoms with Crippen molar-refractivity contribution >= 4 is 22.8 Å². The van der Waals surface area contributed by atoms with Gasteiger partial charge >= 0.3 is 0 Å². The van der Waals surface area contributed by atoms with Crippen LogP contribution >= 0.6 is 0 Å². The summed E-state index contributed by atoms with van der Waals surface area (Å²) in [7, 11) is 1.88. The van der Waals surface area contributed by atoms with Gasteiger partial charge in [0.2, 0.25) is 5.78 Å². The van der Waals surface area contributed by atoms with E-state index in [0.29, 0.717) is 28.4 Å².